The number of amides is 3. The van der Waals surface area contributed by atoms with Crippen molar-refractivity contribution in [1.29, 1.82) is 0 Å². The Morgan fingerprint density at radius 1 is 1.37 bits per heavy atom. The molecule has 8 heteroatoms. The summed E-state index contributed by atoms with van der Waals surface area (Å²) < 4.78 is 1.55. The SMILES string of the molecule is Cn1cc(CN2C(=O)NC3(CCNCC3)C2=O)nn1. The Morgan fingerprint density at radius 3 is 2.74 bits per heavy atom. The van der Waals surface area contributed by atoms with Gasteiger partial charge in [-0.2, -0.15) is 0 Å². The Labute approximate surface area is 110 Å². The highest BCUT2D eigenvalue weighted by molar-refractivity contribution is 6.07. The Morgan fingerprint density at radius 2 is 2.11 bits per heavy atom. The van der Waals surface area contributed by atoms with Crippen LogP contribution in [0.2, 0.25) is 0 Å². The Kier molecular flexibility index (Phi) is 2.74. The van der Waals surface area contributed by atoms with Crippen LogP contribution in [0.15, 0.2) is 6.20 Å². The maximum Gasteiger partial charge on any atom is 0.325 e. The smallest absolute Gasteiger partial charge is 0.323 e. The van der Waals surface area contributed by atoms with Crippen molar-refractivity contribution >= 4 is 11.9 Å². The second-order valence-electron chi connectivity index (χ2n) is 5.04. The van der Waals surface area contributed by atoms with E-state index in [4.69, 9.17) is 0 Å². The molecule has 0 radical (unpaired) electrons. The zero-order valence-corrected chi connectivity index (χ0v) is 10.7. The molecule has 1 aromatic heterocycles. The number of nitrogens with one attached hydrogen (secondary N) is 2. The van der Waals surface area contributed by atoms with E-state index in [1.165, 1.54) is 4.90 Å². The van der Waals surface area contributed by atoms with Crippen LogP contribution >= 0.6 is 0 Å². The van der Waals surface area contributed by atoms with Crippen molar-refractivity contribution in [3.8, 4) is 0 Å². The van der Waals surface area contributed by atoms with Gasteiger partial charge >= 0.3 is 6.03 Å². The summed E-state index contributed by atoms with van der Waals surface area (Å²) in [6.07, 6.45) is 2.97. The predicted molar refractivity (Wildman–Crippen MR) is 64.9 cm³/mol. The van der Waals surface area contributed by atoms with Crippen LogP contribution in [-0.4, -0.2) is 50.5 Å². The molecule has 0 aliphatic carbocycles. The topological polar surface area (TPSA) is 92.2 Å². The molecule has 0 unspecified atom stereocenters. The minimum Gasteiger partial charge on any atom is -0.323 e. The summed E-state index contributed by atoms with van der Waals surface area (Å²) in [4.78, 5) is 25.7. The summed E-state index contributed by atoms with van der Waals surface area (Å²) in [5.41, 5.74) is -0.109. The van der Waals surface area contributed by atoms with Gasteiger partial charge in [0.2, 0.25) is 0 Å². The number of hydrogen-bond donors (Lipinski definition) is 2. The summed E-state index contributed by atoms with van der Waals surface area (Å²) in [6, 6.07) is -0.336. The van der Waals surface area contributed by atoms with Crippen LogP contribution in [0.3, 0.4) is 0 Å². The van der Waals surface area contributed by atoms with E-state index < -0.39 is 5.54 Å². The molecule has 3 rings (SSSR count). The van der Waals surface area contributed by atoms with Gasteiger partial charge < -0.3 is 10.6 Å². The Balaban J connectivity index is 1.79. The highest BCUT2D eigenvalue weighted by Crippen LogP contribution is 2.27. The van der Waals surface area contributed by atoms with Gasteiger partial charge in [0.1, 0.15) is 11.2 Å². The molecule has 0 aromatic carbocycles. The molecule has 3 heterocycles. The molecule has 0 bridgehead atoms. The lowest BCUT2D eigenvalue weighted by atomic mass is 9.88. The Hall–Kier alpha value is -1.96. The lowest BCUT2D eigenvalue weighted by Crippen LogP contribution is -2.53. The summed E-state index contributed by atoms with van der Waals surface area (Å²) in [7, 11) is 1.75. The van der Waals surface area contributed by atoms with Crippen molar-refractivity contribution in [2.75, 3.05) is 13.1 Å². The maximum atomic E-state index is 12.5. The van der Waals surface area contributed by atoms with Gasteiger partial charge in [-0.05, 0) is 25.9 Å². The molecule has 2 fully saturated rings. The van der Waals surface area contributed by atoms with Crippen LogP contribution in [0.4, 0.5) is 4.79 Å². The Bertz CT molecular complexity index is 519. The molecular weight excluding hydrogens is 248 g/mol. The number of imide groups is 1. The minimum atomic E-state index is -0.718. The molecule has 2 aliphatic heterocycles. The highest BCUT2D eigenvalue weighted by atomic mass is 16.2. The molecule has 0 saturated carbocycles. The molecule has 8 nitrogen and oxygen atoms in total. The fourth-order valence-corrected chi connectivity index (χ4v) is 2.64. The zero-order chi connectivity index (χ0) is 13.5. The highest BCUT2D eigenvalue weighted by Gasteiger charge is 2.51. The molecule has 1 spiro atoms. The summed E-state index contributed by atoms with van der Waals surface area (Å²) in [5, 5.41) is 13.7. The van der Waals surface area contributed by atoms with Gasteiger partial charge in [-0.3, -0.25) is 14.4 Å². The molecule has 2 aliphatic rings. The molecule has 2 N–H and O–H groups in total. The third kappa shape index (κ3) is 1.97. The number of aryl methyl sites for hydroxylation is 1. The van der Waals surface area contributed by atoms with Gasteiger partial charge in [0.05, 0.1) is 6.54 Å². The third-order valence-corrected chi connectivity index (χ3v) is 3.67. The van der Waals surface area contributed by atoms with E-state index in [1.807, 2.05) is 0 Å². The van der Waals surface area contributed by atoms with Crippen molar-refractivity contribution in [2.24, 2.45) is 7.05 Å². The first-order chi connectivity index (χ1) is 9.11. The summed E-state index contributed by atoms with van der Waals surface area (Å²) in [5.74, 6) is -0.148. The minimum absolute atomic E-state index is 0.148. The summed E-state index contributed by atoms with van der Waals surface area (Å²) in [6.45, 7) is 1.66. The quantitative estimate of drug-likeness (QED) is 0.668. The van der Waals surface area contributed by atoms with E-state index >= 15 is 0 Å². The van der Waals surface area contributed by atoms with Gasteiger partial charge in [-0.25, -0.2) is 4.79 Å². The van der Waals surface area contributed by atoms with Crippen LogP contribution in [0, 0.1) is 0 Å². The maximum absolute atomic E-state index is 12.5. The third-order valence-electron chi connectivity index (χ3n) is 3.67. The van der Waals surface area contributed by atoms with Gasteiger partial charge in [0, 0.05) is 13.2 Å². The van der Waals surface area contributed by atoms with E-state index in [9.17, 15) is 9.59 Å². The number of hydrogen-bond acceptors (Lipinski definition) is 5. The van der Waals surface area contributed by atoms with Gasteiger partial charge in [0.25, 0.3) is 5.91 Å². The van der Waals surface area contributed by atoms with E-state index in [0.717, 1.165) is 13.1 Å². The van der Waals surface area contributed by atoms with E-state index in [0.29, 0.717) is 18.5 Å². The normalized spacial score (nSPS) is 22.1. The van der Waals surface area contributed by atoms with Crippen LogP contribution < -0.4 is 10.6 Å². The number of piperidine rings is 1. The average Bonchev–Trinajstić information content (AvgIpc) is 2.89. The fourth-order valence-electron chi connectivity index (χ4n) is 2.64. The average molecular weight is 264 g/mol. The molecule has 3 amide bonds. The van der Waals surface area contributed by atoms with Crippen molar-refractivity contribution in [3.63, 3.8) is 0 Å². The zero-order valence-electron chi connectivity index (χ0n) is 10.7. The van der Waals surface area contributed by atoms with Crippen LogP contribution in [-0.2, 0) is 18.4 Å². The monoisotopic (exact) mass is 264 g/mol. The van der Waals surface area contributed by atoms with E-state index in [1.54, 1.807) is 17.9 Å². The number of rotatable bonds is 2. The largest absolute Gasteiger partial charge is 0.325 e. The molecular formula is C11H16N6O2. The van der Waals surface area contributed by atoms with Gasteiger partial charge in [0.15, 0.2) is 0 Å². The first-order valence-electron chi connectivity index (χ1n) is 6.31. The number of carbonyl (C=O) groups is 2. The number of nitrogens with zero attached hydrogens (tertiary/aromatic N) is 4. The fraction of sp³-hybridized carbons (Fsp3) is 0.636. The second kappa shape index (κ2) is 4.30. The first kappa shape index (κ1) is 12.1. The molecule has 1 aromatic rings. The lowest BCUT2D eigenvalue weighted by molar-refractivity contribution is -0.132. The first-order valence-corrected chi connectivity index (χ1v) is 6.31. The number of urea groups is 1. The van der Waals surface area contributed by atoms with E-state index in [2.05, 4.69) is 20.9 Å². The van der Waals surface area contributed by atoms with Crippen molar-refractivity contribution in [1.82, 2.24) is 30.5 Å². The van der Waals surface area contributed by atoms with Crippen LogP contribution in [0.1, 0.15) is 18.5 Å². The number of aromatic nitrogens is 3. The summed E-state index contributed by atoms with van der Waals surface area (Å²) >= 11 is 0. The van der Waals surface area contributed by atoms with Crippen LogP contribution in [0.25, 0.3) is 0 Å². The predicted octanol–water partition coefficient (Wildman–Crippen LogP) is -1.01. The van der Waals surface area contributed by atoms with Gasteiger partial charge in [-0.15, -0.1) is 5.10 Å². The molecule has 2 saturated heterocycles. The van der Waals surface area contributed by atoms with Crippen molar-refractivity contribution in [3.05, 3.63) is 11.9 Å². The number of carbonyl (C=O) groups excluding carboxylic acids is 2. The van der Waals surface area contributed by atoms with Crippen molar-refractivity contribution in [2.45, 2.75) is 24.9 Å². The van der Waals surface area contributed by atoms with Crippen molar-refractivity contribution < 1.29 is 9.59 Å². The molecule has 0 atom stereocenters. The van der Waals surface area contributed by atoms with Gasteiger partial charge in [-0.1, -0.05) is 5.21 Å². The standard InChI is InChI=1S/C11H16N6O2/c1-16-6-8(14-15-16)7-17-9(18)11(13-10(17)19)2-4-12-5-3-11/h6,12H,2-5,7H2,1H3,(H,13,19). The van der Waals surface area contributed by atoms with Crippen LogP contribution in [0.5, 0.6) is 0 Å². The van der Waals surface area contributed by atoms with E-state index in [-0.39, 0.29) is 18.5 Å². The lowest BCUT2D eigenvalue weighted by Gasteiger charge is -2.30. The second-order valence-corrected chi connectivity index (χ2v) is 5.04. The molecule has 19 heavy (non-hydrogen) atoms. The molecule has 102 valence electrons.